The standard InChI is InChI=1S/C7H13NO2S2/c1-8(2)7(11)12-5-3-4-6(9)10/h3-5H2,1-2H3,(H,9,10). The molecule has 12 heavy (non-hydrogen) atoms. The summed E-state index contributed by atoms with van der Waals surface area (Å²) in [6, 6.07) is 0. The van der Waals surface area contributed by atoms with E-state index in [1.54, 1.807) is 0 Å². The highest BCUT2D eigenvalue weighted by atomic mass is 32.2. The molecule has 1 N–H and O–H groups in total. The van der Waals surface area contributed by atoms with Gasteiger partial charge in [-0.25, -0.2) is 0 Å². The summed E-state index contributed by atoms with van der Waals surface area (Å²) >= 11 is 6.52. The van der Waals surface area contributed by atoms with Gasteiger partial charge in [-0.05, 0) is 6.42 Å². The Morgan fingerprint density at radius 2 is 2.17 bits per heavy atom. The van der Waals surface area contributed by atoms with Crippen LogP contribution in [-0.4, -0.2) is 40.1 Å². The smallest absolute Gasteiger partial charge is 0.303 e. The first-order chi connectivity index (χ1) is 5.54. The number of hydrogen-bond acceptors (Lipinski definition) is 3. The molecule has 0 amide bonds. The maximum absolute atomic E-state index is 10.1. The molecule has 0 radical (unpaired) electrons. The fraction of sp³-hybridized carbons (Fsp3) is 0.714. The van der Waals surface area contributed by atoms with Crippen LogP contribution in [0.2, 0.25) is 0 Å². The van der Waals surface area contributed by atoms with Crippen molar-refractivity contribution in [1.82, 2.24) is 4.90 Å². The van der Waals surface area contributed by atoms with Gasteiger partial charge in [-0.2, -0.15) is 0 Å². The minimum atomic E-state index is -0.744. The van der Waals surface area contributed by atoms with Crippen molar-refractivity contribution in [1.29, 1.82) is 0 Å². The van der Waals surface area contributed by atoms with Crippen molar-refractivity contribution in [3.8, 4) is 0 Å². The van der Waals surface area contributed by atoms with Crippen LogP contribution in [0.5, 0.6) is 0 Å². The van der Waals surface area contributed by atoms with Gasteiger partial charge in [-0.1, -0.05) is 24.0 Å². The summed E-state index contributed by atoms with van der Waals surface area (Å²) < 4.78 is 0.806. The van der Waals surface area contributed by atoms with E-state index in [1.165, 1.54) is 11.8 Å². The largest absolute Gasteiger partial charge is 0.481 e. The third-order valence-electron chi connectivity index (χ3n) is 1.13. The molecule has 70 valence electrons. The van der Waals surface area contributed by atoms with Gasteiger partial charge in [-0.3, -0.25) is 4.79 Å². The van der Waals surface area contributed by atoms with E-state index in [9.17, 15) is 4.79 Å². The van der Waals surface area contributed by atoms with Gasteiger partial charge in [0.25, 0.3) is 0 Å². The number of nitrogens with zero attached hydrogens (tertiary/aromatic N) is 1. The van der Waals surface area contributed by atoms with Crippen molar-refractivity contribution in [3.63, 3.8) is 0 Å². The van der Waals surface area contributed by atoms with E-state index in [0.29, 0.717) is 6.42 Å². The Kier molecular flexibility index (Phi) is 6.10. The predicted molar refractivity (Wildman–Crippen MR) is 55.6 cm³/mol. The summed E-state index contributed by atoms with van der Waals surface area (Å²) in [5.41, 5.74) is 0. The van der Waals surface area contributed by atoms with Crippen LogP contribution in [0.25, 0.3) is 0 Å². The van der Waals surface area contributed by atoms with Gasteiger partial charge in [0.15, 0.2) is 0 Å². The summed E-state index contributed by atoms with van der Waals surface area (Å²) in [5.74, 6) is 0.0370. The van der Waals surface area contributed by atoms with Crippen molar-refractivity contribution in [2.75, 3.05) is 19.8 Å². The minimum Gasteiger partial charge on any atom is -0.481 e. The van der Waals surface area contributed by atoms with Gasteiger partial charge in [0, 0.05) is 26.3 Å². The van der Waals surface area contributed by atoms with Crippen molar-refractivity contribution in [2.45, 2.75) is 12.8 Å². The SMILES string of the molecule is CN(C)C(=S)SCCCC(=O)O. The van der Waals surface area contributed by atoms with Gasteiger partial charge in [0.05, 0.1) is 0 Å². The molecule has 0 aliphatic heterocycles. The van der Waals surface area contributed by atoms with Gasteiger partial charge >= 0.3 is 5.97 Å². The molecule has 0 saturated carbocycles. The fourth-order valence-electron chi connectivity index (χ4n) is 0.512. The highest BCUT2D eigenvalue weighted by molar-refractivity contribution is 8.22. The zero-order valence-corrected chi connectivity index (χ0v) is 8.87. The molecule has 0 aromatic heterocycles. The molecule has 0 saturated heterocycles. The highest BCUT2D eigenvalue weighted by Gasteiger charge is 2.00. The quantitative estimate of drug-likeness (QED) is 0.558. The van der Waals surface area contributed by atoms with Gasteiger partial charge in [-0.15, -0.1) is 0 Å². The normalized spacial score (nSPS) is 9.50. The Balaban J connectivity index is 3.32. The van der Waals surface area contributed by atoms with Crippen LogP contribution in [0.4, 0.5) is 0 Å². The lowest BCUT2D eigenvalue weighted by molar-refractivity contribution is -0.137. The number of rotatable bonds is 4. The maximum Gasteiger partial charge on any atom is 0.303 e. The lowest BCUT2D eigenvalue weighted by Crippen LogP contribution is -2.16. The van der Waals surface area contributed by atoms with Crippen molar-refractivity contribution in [3.05, 3.63) is 0 Å². The van der Waals surface area contributed by atoms with E-state index < -0.39 is 5.97 Å². The minimum absolute atomic E-state index is 0.225. The summed E-state index contributed by atoms with van der Waals surface area (Å²) in [5, 5.41) is 8.34. The molecule has 0 bridgehead atoms. The Labute approximate surface area is 82.1 Å². The van der Waals surface area contributed by atoms with Crippen LogP contribution in [-0.2, 0) is 4.79 Å². The monoisotopic (exact) mass is 207 g/mol. The molecule has 0 heterocycles. The molecule has 0 aliphatic rings. The zero-order chi connectivity index (χ0) is 9.56. The second-order valence-corrected chi connectivity index (χ2v) is 4.23. The van der Waals surface area contributed by atoms with Crippen molar-refractivity contribution < 1.29 is 9.90 Å². The molecule has 0 aliphatic carbocycles. The molecule has 0 aromatic carbocycles. The van der Waals surface area contributed by atoms with E-state index >= 15 is 0 Å². The number of thiocarbonyl (C=S) groups is 1. The lowest BCUT2D eigenvalue weighted by atomic mass is 10.3. The Morgan fingerprint density at radius 3 is 2.58 bits per heavy atom. The Bertz CT molecular complexity index is 171. The highest BCUT2D eigenvalue weighted by Crippen LogP contribution is 2.09. The first-order valence-corrected chi connectivity index (χ1v) is 4.99. The number of hydrogen-bond donors (Lipinski definition) is 1. The number of thioether (sulfide) groups is 1. The number of aliphatic carboxylic acids is 1. The maximum atomic E-state index is 10.1. The van der Waals surface area contributed by atoms with E-state index in [1.807, 2.05) is 19.0 Å². The number of carboxylic acids is 1. The Hall–Kier alpha value is -0.290. The van der Waals surface area contributed by atoms with Crippen LogP contribution in [0, 0.1) is 0 Å². The summed E-state index contributed by atoms with van der Waals surface area (Å²) in [4.78, 5) is 12.0. The zero-order valence-electron chi connectivity index (χ0n) is 7.24. The van der Waals surface area contributed by atoms with E-state index in [2.05, 4.69) is 0 Å². The van der Waals surface area contributed by atoms with Crippen LogP contribution in [0.3, 0.4) is 0 Å². The molecule has 0 unspecified atom stereocenters. The third-order valence-corrected chi connectivity index (χ3v) is 2.95. The molecular weight excluding hydrogens is 194 g/mol. The van der Waals surface area contributed by atoms with E-state index in [0.717, 1.165) is 10.1 Å². The molecule has 0 rings (SSSR count). The van der Waals surface area contributed by atoms with Crippen LogP contribution < -0.4 is 0 Å². The molecule has 5 heteroatoms. The second-order valence-electron chi connectivity index (χ2n) is 2.51. The molecule has 0 aromatic rings. The fourth-order valence-corrected chi connectivity index (χ4v) is 1.48. The van der Waals surface area contributed by atoms with Gasteiger partial charge in [0.1, 0.15) is 4.32 Å². The number of carboxylic acid groups (broad SMARTS) is 1. The predicted octanol–water partition coefficient (Wildman–Crippen LogP) is 1.43. The lowest BCUT2D eigenvalue weighted by Gasteiger charge is -2.11. The summed E-state index contributed by atoms with van der Waals surface area (Å²) in [6.07, 6.45) is 0.900. The molecule has 0 fully saturated rings. The average Bonchev–Trinajstić information content (AvgIpc) is 1.97. The van der Waals surface area contributed by atoms with Crippen LogP contribution in [0.1, 0.15) is 12.8 Å². The first kappa shape index (κ1) is 11.7. The topological polar surface area (TPSA) is 40.5 Å². The molecule has 0 spiro atoms. The van der Waals surface area contributed by atoms with Crippen molar-refractivity contribution in [2.24, 2.45) is 0 Å². The number of carbonyl (C=O) groups is 1. The van der Waals surface area contributed by atoms with Crippen LogP contribution in [0.15, 0.2) is 0 Å². The van der Waals surface area contributed by atoms with E-state index in [4.69, 9.17) is 17.3 Å². The van der Waals surface area contributed by atoms with Crippen molar-refractivity contribution >= 4 is 34.3 Å². The summed E-state index contributed by atoms with van der Waals surface area (Å²) in [7, 11) is 3.76. The van der Waals surface area contributed by atoms with Crippen LogP contribution >= 0.6 is 24.0 Å². The molecular formula is C7H13NO2S2. The molecule has 3 nitrogen and oxygen atoms in total. The third kappa shape index (κ3) is 6.42. The van der Waals surface area contributed by atoms with Gasteiger partial charge in [0.2, 0.25) is 0 Å². The molecule has 0 atom stereocenters. The van der Waals surface area contributed by atoms with Gasteiger partial charge < -0.3 is 10.0 Å². The first-order valence-electron chi connectivity index (χ1n) is 3.60. The summed E-state index contributed by atoms with van der Waals surface area (Å²) in [6.45, 7) is 0. The second kappa shape index (κ2) is 6.25. The van der Waals surface area contributed by atoms with E-state index in [-0.39, 0.29) is 6.42 Å². The average molecular weight is 207 g/mol. The Morgan fingerprint density at radius 1 is 1.58 bits per heavy atom.